The molecule has 0 aromatic heterocycles. The van der Waals surface area contributed by atoms with Crippen molar-refractivity contribution in [3.8, 4) is 5.75 Å². The first kappa shape index (κ1) is 30.5. The summed E-state index contributed by atoms with van der Waals surface area (Å²) in [6.07, 6.45) is 0. The summed E-state index contributed by atoms with van der Waals surface area (Å²) >= 11 is 0. The lowest BCUT2D eigenvalue weighted by atomic mass is 9.64. The average molecular weight is 579 g/mol. The van der Waals surface area contributed by atoms with Crippen LogP contribution in [-0.4, -0.2) is 13.9 Å². The predicted molar refractivity (Wildman–Crippen MR) is 132 cm³/mol. The van der Waals surface area contributed by atoms with Gasteiger partial charge in [0.25, 0.3) is 0 Å². The molecular weight excluding hydrogens is 540 g/mol. The van der Waals surface area contributed by atoms with E-state index in [2.05, 4.69) is 20.8 Å². The lowest BCUT2D eigenvalue weighted by molar-refractivity contribution is -0.0500. The molecule has 0 saturated carbocycles. The summed E-state index contributed by atoms with van der Waals surface area (Å²) in [5.41, 5.74) is -4.28. The van der Waals surface area contributed by atoms with Crippen LogP contribution in [0.4, 0.5) is 13.2 Å². The first-order valence-electron chi connectivity index (χ1n) is 10.1. The van der Waals surface area contributed by atoms with Crippen molar-refractivity contribution < 1.29 is 25.8 Å². The normalized spacial score (nSPS) is 14.3. The Hall–Kier alpha value is -0.510. The van der Waals surface area contributed by atoms with Crippen LogP contribution in [0.1, 0.15) is 105 Å². The first-order chi connectivity index (χ1) is 12.8. The molecule has 0 radical (unpaired) electrons. The van der Waals surface area contributed by atoms with E-state index in [4.69, 9.17) is 4.18 Å². The molecule has 0 amide bonds. The monoisotopic (exact) mass is 578 g/mol. The van der Waals surface area contributed by atoms with E-state index in [1.165, 1.54) is 6.07 Å². The van der Waals surface area contributed by atoms with Gasteiger partial charge in [-0.3, -0.25) is 0 Å². The van der Waals surface area contributed by atoms with Gasteiger partial charge < -0.3 is 4.18 Å². The van der Waals surface area contributed by atoms with Crippen LogP contribution in [0.15, 0.2) is 6.07 Å². The van der Waals surface area contributed by atoms with Gasteiger partial charge in [-0.05, 0) is 44.4 Å². The highest BCUT2D eigenvalue weighted by Gasteiger charge is 2.50. The molecule has 0 saturated heterocycles. The van der Waals surface area contributed by atoms with Gasteiger partial charge in [0.2, 0.25) is 0 Å². The Morgan fingerprint density at radius 3 is 1.26 bits per heavy atom. The molecule has 0 N–H and O–H groups in total. The van der Waals surface area contributed by atoms with Gasteiger partial charge in [0.15, 0.2) is 0 Å². The maximum Gasteiger partial charge on any atom is 0.534 e. The summed E-state index contributed by atoms with van der Waals surface area (Å²) in [7, 11) is -5.81. The van der Waals surface area contributed by atoms with Crippen molar-refractivity contribution in [2.45, 2.75) is 110 Å². The molecule has 1 aromatic rings. The number of alkyl halides is 3. The molecule has 0 bridgehead atoms. The van der Waals surface area contributed by atoms with Gasteiger partial charge in [0.1, 0.15) is 5.75 Å². The van der Waals surface area contributed by atoms with Crippen LogP contribution in [0.5, 0.6) is 5.75 Å². The zero-order valence-corrected chi connectivity index (χ0v) is 23.9. The van der Waals surface area contributed by atoms with Crippen LogP contribution in [0.3, 0.4) is 0 Å². The Bertz CT molecular complexity index is 906. The molecule has 31 heavy (non-hydrogen) atoms. The fourth-order valence-electron chi connectivity index (χ4n) is 3.75. The minimum atomic E-state index is -5.81. The van der Waals surface area contributed by atoms with Crippen LogP contribution in [0.25, 0.3) is 0 Å². The molecule has 3 nitrogen and oxygen atoms in total. The summed E-state index contributed by atoms with van der Waals surface area (Å²) in [4.78, 5) is 0. The summed E-state index contributed by atoms with van der Waals surface area (Å²) in [6, 6.07) is 1.50. The number of rotatable bonds is 2. The molecule has 0 aliphatic rings. The maximum absolute atomic E-state index is 13.2. The summed E-state index contributed by atoms with van der Waals surface area (Å²) < 4.78 is 68.2. The standard InChI is InChI=1S/C23H37F3O3S.HI/c1-19(2,3)14-13-15(29-30(27,28)23(24,25)26)17(21(7,8)9)18(22(10,11)12)16(14)20(4,5)6;/h13H,1-12H3;1H. The van der Waals surface area contributed by atoms with Crippen molar-refractivity contribution in [3.63, 3.8) is 0 Å². The van der Waals surface area contributed by atoms with Crippen molar-refractivity contribution in [3.05, 3.63) is 28.3 Å². The van der Waals surface area contributed by atoms with Gasteiger partial charge in [0.05, 0.1) is 0 Å². The molecule has 0 spiro atoms. The molecule has 182 valence electrons. The Kier molecular flexibility index (Phi) is 8.54. The Morgan fingerprint density at radius 1 is 0.645 bits per heavy atom. The SMILES string of the molecule is CC(C)(C)c1cc(OS(=O)(=O)C(F)(F)F)c(C(C)(C)C)c(C(C)(C)C)c1C(C)(C)C.I. The van der Waals surface area contributed by atoms with Crippen LogP contribution in [0, 0.1) is 0 Å². The smallest absolute Gasteiger partial charge is 0.376 e. The zero-order valence-electron chi connectivity index (χ0n) is 20.8. The minimum Gasteiger partial charge on any atom is -0.376 e. The van der Waals surface area contributed by atoms with Gasteiger partial charge in [-0.2, -0.15) is 21.6 Å². The number of halogens is 4. The highest BCUT2D eigenvalue weighted by atomic mass is 127. The molecule has 0 aliphatic heterocycles. The third-order valence-corrected chi connectivity index (χ3v) is 5.80. The second-order valence-electron chi connectivity index (χ2n) is 12.0. The summed E-state index contributed by atoms with van der Waals surface area (Å²) in [6.45, 7) is 23.6. The van der Waals surface area contributed by atoms with E-state index in [1.807, 2.05) is 62.3 Å². The summed E-state index contributed by atoms with van der Waals surface area (Å²) in [5, 5.41) is 0. The molecule has 0 aliphatic carbocycles. The predicted octanol–water partition coefficient (Wildman–Crippen LogP) is 7.72. The third-order valence-electron chi connectivity index (χ3n) is 4.83. The van der Waals surface area contributed by atoms with Crippen LogP contribution >= 0.6 is 24.0 Å². The molecule has 1 aromatic carbocycles. The zero-order chi connectivity index (χ0) is 24.3. The van der Waals surface area contributed by atoms with Gasteiger partial charge >= 0.3 is 15.6 Å². The van der Waals surface area contributed by atoms with Crippen LogP contribution in [-0.2, 0) is 31.8 Å². The van der Waals surface area contributed by atoms with Crippen molar-refractivity contribution in [2.75, 3.05) is 0 Å². The highest BCUT2D eigenvalue weighted by Crippen LogP contribution is 2.50. The molecule has 0 heterocycles. The lowest BCUT2D eigenvalue weighted by Crippen LogP contribution is -2.34. The fraction of sp³-hybridized carbons (Fsp3) is 0.739. The Morgan fingerprint density at radius 2 is 1.00 bits per heavy atom. The molecule has 0 fully saturated rings. The molecule has 0 atom stereocenters. The van der Waals surface area contributed by atoms with Crippen molar-refractivity contribution in [2.24, 2.45) is 0 Å². The van der Waals surface area contributed by atoms with E-state index >= 15 is 0 Å². The van der Waals surface area contributed by atoms with E-state index in [0.29, 0.717) is 5.56 Å². The maximum atomic E-state index is 13.2. The van der Waals surface area contributed by atoms with Gasteiger partial charge in [-0.25, -0.2) is 0 Å². The van der Waals surface area contributed by atoms with Gasteiger partial charge in [-0.1, -0.05) is 83.1 Å². The Balaban J connectivity index is 0.00000900. The topological polar surface area (TPSA) is 43.4 Å². The van der Waals surface area contributed by atoms with Gasteiger partial charge in [0, 0.05) is 5.56 Å². The van der Waals surface area contributed by atoms with Crippen LogP contribution < -0.4 is 4.18 Å². The largest absolute Gasteiger partial charge is 0.534 e. The van der Waals surface area contributed by atoms with Crippen molar-refractivity contribution >= 4 is 34.1 Å². The minimum absolute atomic E-state index is 0. The van der Waals surface area contributed by atoms with E-state index in [-0.39, 0.29) is 35.1 Å². The molecule has 1 rings (SSSR count). The van der Waals surface area contributed by atoms with Crippen LogP contribution in [0.2, 0.25) is 0 Å². The first-order valence-corrected chi connectivity index (χ1v) is 11.5. The highest BCUT2D eigenvalue weighted by molar-refractivity contribution is 14.0. The quantitative estimate of drug-likeness (QED) is 0.205. The van der Waals surface area contributed by atoms with E-state index in [0.717, 1.165) is 16.7 Å². The van der Waals surface area contributed by atoms with E-state index in [1.54, 1.807) is 0 Å². The van der Waals surface area contributed by atoms with E-state index in [9.17, 15) is 21.6 Å². The number of benzene rings is 1. The van der Waals surface area contributed by atoms with E-state index < -0.39 is 31.9 Å². The molecule has 0 unspecified atom stereocenters. The third kappa shape index (κ3) is 6.74. The average Bonchev–Trinajstić information content (AvgIpc) is 2.39. The van der Waals surface area contributed by atoms with Gasteiger partial charge in [-0.15, -0.1) is 24.0 Å². The summed E-state index contributed by atoms with van der Waals surface area (Å²) in [5.74, 6) is -0.248. The molecular formula is C23H38F3IO3S. The fourth-order valence-corrected chi connectivity index (χ4v) is 4.22. The lowest BCUT2D eigenvalue weighted by Gasteiger charge is -2.41. The second kappa shape index (κ2) is 8.69. The molecule has 8 heteroatoms. The number of hydrogen-bond donors (Lipinski definition) is 0. The number of hydrogen-bond acceptors (Lipinski definition) is 3. The second-order valence-corrected chi connectivity index (χ2v) is 13.6. The van der Waals surface area contributed by atoms with Crippen molar-refractivity contribution in [1.29, 1.82) is 0 Å². The Labute approximate surface area is 203 Å². The van der Waals surface area contributed by atoms with Crippen molar-refractivity contribution in [1.82, 2.24) is 0 Å².